The Morgan fingerprint density at radius 3 is 1.83 bits per heavy atom. The molecule has 0 bridgehead atoms. The summed E-state index contributed by atoms with van der Waals surface area (Å²) in [5.74, 6) is 0. The second-order valence-corrected chi connectivity index (χ2v) is 2.60. The average molecular weight is 190 g/mol. The molecule has 1 radical (unpaired) electrons. The van der Waals surface area contributed by atoms with Crippen LogP contribution in [0.15, 0.2) is 24.3 Å². The van der Waals surface area contributed by atoms with Crippen LogP contribution in [-0.4, -0.2) is 61.6 Å². The molecule has 4 heteroatoms. The van der Waals surface area contributed by atoms with Gasteiger partial charge in [0.25, 0.3) is 0 Å². The number of nitrogens with one attached hydrogen (secondary N) is 1. The summed E-state index contributed by atoms with van der Waals surface area (Å²) in [5, 5.41) is 21.2. The maximum Gasteiger partial charge on any atom is 0.133 e. The van der Waals surface area contributed by atoms with Gasteiger partial charge in [-0.15, -0.1) is 0 Å². The van der Waals surface area contributed by atoms with Crippen molar-refractivity contribution in [2.75, 3.05) is 0 Å². The molecule has 2 atom stereocenters. The van der Waals surface area contributed by atoms with Crippen LogP contribution >= 0.6 is 0 Å². The minimum Gasteiger partial charge on any atom is -0.374 e. The van der Waals surface area contributed by atoms with Crippen molar-refractivity contribution in [3.63, 3.8) is 0 Å². The van der Waals surface area contributed by atoms with Crippen LogP contribution in [0.1, 0.15) is 23.6 Å². The van der Waals surface area contributed by atoms with E-state index >= 15 is 0 Å². The van der Waals surface area contributed by atoms with E-state index in [0.717, 1.165) is 11.1 Å². The van der Waals surface area contributed by atoms with Gasteiger partial charge in [-0.2, -0.15) is 0 Å². The van der Waals surface area contributed by atoms with Crippen molar-refractivity contribution in [2.45, 2.75) is 12.5 Å². The zero-order valence-electron chi connectivity index (χ0n) is 6.86. The Balaban J connectivity index is 0.000000720. The summed E-state index contributed by atoms with van der Waals surface area (Å²) in [4.78, 5) is 0. The molecular weight excluding hydrogens is 181 g/mol. The van der Waals surface area contributed by atoms with Crippen LogP contribution < -0.4 is 5.32 Å². The predicted molar refractivity (Wildman–Crippen MR) is 45.3 cm³/mol. The van der Waals surface area contributed by atoms with E-state index in [1.54, 1.807) is 12.1 Å². The number of aliphatic hydroxyl groups is 2. The topological polar surface area (TPSA) is 52.5 Å². The molecule has 1 aliphatic heterocycles. The fourth-order valence-corrected chi connectivity index (χ4v) is 1.34. The van der Waals surface area contributed by atoms with Crippen molar-refractivity contribution in [1.29, 1.82) is 0 Å². The Bertz CT molecular complexity index is 253. The van der Waals surface area contributed by atoms with Gasteiger partial charge in [-0.05, 0) is 0 Å². The minimum atomic E-state index is -0.721. The number of fused-ring (bicyclic) bond motifs is 1. The van der Waals surface area contributed by atoms with E-state index in [1.165, 1.54) is 0 Å². The fraction of sp³-hybridized carbons (Fsp3) is 0.250. The summed E-state index contributed by atoms with van der Waals surface area (Å²) in [6, 6.07) is 7.26. The molecule has 3 N–H and O–H groups in total. The maximum absolute atomic E-state index is 9.28. The third-order valence-electron chi connectivity index (χ3n) is 1.90. The smallest absolute Gasteiger partial charge is 0.133 e. The SMILES string of the molecule is OC1NC(O)c2ccccc21.[K]. The molecule has 1 aromatic carbocycles. The molecule has 1 heterocycles. The van der Waals surface area contributed by atoms with Crippen molar-refractivity contribution in [3.8, 4) is 0 Å². The Kier molecular flexibility index (Phi) is 3.88. The molecule has 2 unspecified atom stereocenters. The first-order valence-electron chi connectivity index (χ1n) is 3.50. The summed E-state index contributed by atoms with van der Waals surface area (Å²) in [6.45, 7) is 0. The van der Waals surface area contributed by atoms with Gasteiger partial charge < -0.3 is 10.2 Å². The van der Waals surface area contributed by atoms with Crippen molar-refractivity contribution >= 4 is 51.4 Å². The average Bonchev–Trinajstić information content (AvgIpc) is 2.30. The van der Waals surface area contributed by atoms with E-state index in [1.807, 2.05) is 12.1 Å². The van der Waals surface area contributed by atoms with Gasteiger partial charge >= 0.3 is 0 Å². The molecule has 0 spiro atoms. The Hall–Kier alpha value is 0.736. The fourth-order valence-electron chi connectivity index (χ4n) is 1.34. The number of hydrogen-bond donors (Lipinski definition) is 3. The number of benzene rings is 1. The summed E-state index contributed by atoms with van der Waals surface area (Å²) in [7, 11) is 0. The first-order valence-corrected chi connectivity index (χ1v) is 3.50. The molecule has 0 fully saturated rings. The summed E-state index contributed by atoms with van der Waals surface area (Å²) < 4.78 is 0. The van der Waals surface area contributed by atoms with Crippen molar-refractivity contribution in [1.82, 2.24) is 5.32 Å². The van der Waals surface area contributed by atoms with E-state index in [2.05, 4.69) is 5.32 Å². The molecule has 1 aliphatic rings. The van der Waals surface area contributed by atoms with Gasteiger partial charge in [0.15, 0.2) is 0 Å². The molecule has 0 saturated heterocycles. The normalized spacial score (nSPS) is 26.2. The second-order valence-electron chi connectivity index (χ2n) is 2.60. The van der Waals surface area contributed by atoms with Crippen LogP contribution in [0.2, 0.25) is 0 Å². The molecule has 59 valence electrons. The van der Waals surface area contributed by atoms with Gasteiger partial charge in [0.05, 0.1) is 0 Å². The number of aliphatic hydroxyl groups excluding tert-OH is 2. The number of hydrogen-bond acceptors (Lipinski definition) is 3. The van der Waals surface area contributed by atoms with E-state index in [0.29, 0.717) is 0 Å². The summed E-state index contributed by atoms with van der Waals surface area (Å²) in [5.41, 5.74) is 1.53. The predicted octanol–water partition coefficient (Wildman–Crippen LogP) is -0.109. The molecule has 3 nitrogen and oxygen atoms in total. The van der Waals surface area contributed by atoms with E-state index in [9.17, 15) is 10.2 Å². The van der Waals surface area contributed by atoms with Gasteiger partial charge in [0.2, 0.25) is 0 Å². The first-order chi connectivity index (χ1) is 5.29. The van der Waals surface area contributed by atoms with Gasteiger partial charge in [-0.3, -0.25) is 5.32 Å². The minimum absolute atomic E-state index is 0. The third kappa shape index (κ3) is 1.81. The second kappa shape index (κ2) is 4.30. The molecule has 0 aromatic heterocycles. The van der Waals surface area contributed by atoms with Crippen LogP contribution in [0, 0.1) is 0 Å². The van der Waals surface area contributed by atoms with E-state index < -0.39 is 12.5 Å². The largest absolute Gasteiger partial charge is 0.374 e. The molecule has 0 saturated carbocycles. The molecule has 0 aliphatic carbocycles. The summed E-state index contributed by atoms with van der Waals surface area (Å²) in [6.07, 6.45) is -1.44. The van der Waals surface area contributed by atoms with E-state index in [-0.39, 0.29) is 51.4 Å². The zero-order chi connectivity index (χ0) is 7.84. The quantitative estimate of drug-likeness (QED) is 0.500. The molecule has 2 rings (SSSR count). The van der Waals surface area contributed by atoms with Crippen molar-refractivity contribution in [3.05, 3.63) is 35.4 Å². The summed E-state index contributed by atoms with van der Waals surface area (Å²) >= 11 is 0. The molecule has 12 heavy (non-hydrogen) atoms. The van der Waals surface area contributed by atoms with E-state index in [4.69, 9.17) is 0 Å². The monoisotopic (exact) mass is 190 g/mol. The Labute approximate surface area is 113 Å². The first kappa shape index (κ1) is 10.8. The third-order valence-corrected chi connectivity index (χ3v) is 1.90. The molecule has 1 aromatic rings. The van der Waals surface area contributed by atoms with Crippen LogP contribution in [-0.2, 0) is 0 Å². The van der Waals surface area contributed by atoms with Gasteiger partial charge in [-0.25, -0.2) is 0 Å². The van der Waals surface area contributed by atoms with Crippen LogP contribution in [0.4, 0.5) is 0 Å². The van der Waals surface area contributed by atoms with Crippen LogP contribution in [0.25, 0.3) is 0 Å². The van der Waals surface area contributed by atoms with Crippen molar-refractivity contribution < 1.29 is 10.2 Å². The Morgan fingerprint density at radius 1 is 1.00 bits per heavy atom. The maximum atomic E-state index is 9.28. The van der Waals surface area contributed by atoms with Gasteiger partial charge in [0.1, 0.15) is 12.5 Å². The standard InChI is InChI=1S/C8H9NO2.K/c10-7-5-3-1-2-4-6(5)8(11)9-7;/h1-4,7-11H;. The molecule has 0 amide bonds. The Morgan fingerprint density at radius 2 is 1.42 bits per heavy atom. The van der Waals surface area contributed by atoms with Gasteiger partial charge in [-0.1, -0.05) is 24.3 Å². The van der Waals surface area contributed by atoms with Gasteiger partial charge in [0, 0.05) is 62.5 Å². The van der Waals surface area contributed by atoms with Crippen LogP contribution in [0.3, 0.4) is 0 Å². The van der Waals surface area contributed by atoms with Crippen molar-refractivity contribution in [2.24, 2.45) is 0 Å². The van der Waals surface area contributed by atoms with Crippen LogP contribution in [0.5, 0.6) is 0 Å². The number of rotatable bonds is 0. The molecular formula is C8H9KNO2. The zero-order valence-corrected chi connectivity index (χ0v) is 9.98.